The first-order valence-corrected chi connectivity index (χ1v) is 11.7. The predicted molar refractivity (Wildman–Crippen MR) is 131 cm³/mol. The van der Waals surface area contributed by atoms with Crippen molar-refractivity contribution in [1.29, 1.82) is 0 Å². The van der Waals surface area contributed by atoms with Gasteiger partial charge in [0.25, 0.3) is 5.91 Å². The van der Waals surface area contributed by atoms with E-state index in [-0.39, 0.29) is 22.7 Å². The Kier molecular flexibility index (Phi) is 6.37. The van der Waals surface area contributed by atoms with Gasteiger partial charge in [0.1, 0.15) is 35.0 Å². The van der Waals surface area contributed by atoms with Crippen molar-refractivity contribution in [2.24, 2.45) is 0 Å². The highest BCUT2D eigenvalue weighted by atomic mass is 19.1. The number of hydrogen-bond acceptors (Lipinski definition) is 4. The van der Waals surface area contributed by atoms with Crippen molar-refractivity contribution in [3.05, 3.63) is 106 Å². The molecule has 9 heteroatoms. The molecule has 0 spiro atoms. The second kappa shape index (κ2) is 9.77. The smallest absolute Gasteiger partial charge is 0.350 e. The maximum atomic E-state index is 15.4. The van der Waals surface area contributed by atoms with E-state index in [0.29, 0.717) is 18.8 Å². The standard InChI is InChI=1S/C27H24F2N4O3/c1-17(18-9-3-2-4-10-18)36-24-16-23(33-27(35)32-14-8-7-13-25(32)31-33)21(29)15-19(24)26(34)30-22-12-6-5-11-20(22)28/h2-6,9-12,15-17H,7-8,13-14H2,1H3,(H,30,34)/t17-/m0/s1. The van der Waals surface area contributed by atoms with Gasteiger partial charge in [-0.3, -0.25) is 9.36 Å². The number of aromatic nitrogens is 3. The van der Waals surface area contributed by atoms with Gasteiger partial charge in [0, 0.05) is 19.0 Å². The molecule has 0 saturated heterocycles. The molecule has 184 valence electrons. The van der Waals surface area contributed by atoms with E-state index in [2.05, 4.69) is 10.4 Å². The maximum absolute atomic E-state index is 15.4. The Hall–Kier alpha value is -4.27. The predicted octanol–water partition coefficient (Wildman–Crippen LogP) is 5.04. The van der Waals surface area contributed by atoms with E-state index in [1.807, 2.05) is 30.3 Å². The fourth-order valence-corrected chi connectivity index (χ4v) is 4.27. The third-order valence-electron chi connectivity index (χ3n) is 6.19. The summed E-state index contributed by atoms with van der Waals surface area (Å²) in [5.41, 5.74) is 0.0682. The number of fused-ring (bicyclic) bond motifs is 1. The lowest BCUT2D eigenvalue weighted by molar-refractivity contribution is 0.101. The molecule has 0 unspecified atom stereocenters. The number of halogens is 2. The Morgan fingerprint density at radius 3 is 2.53 bits per heavy atom. The number of ether oxygens (including phenoxy) is 1. The van der Waals surface area contributed by atoms with Crippen molar-refractivity contribution < 1.29 is 18.3 Å². The molecule has 0 radical (unpaired) electrons. The highest BCUT2D eigenvalue weighted by Crippen LogP contribution is 2.30. The molecular weight excluding hydrogens is 466 g/mol. The Morgan fingerprint density at radius 1 is 1.03 bits per heavy atom. The normalized spacial score (nSPS) is 13.6. The first-order valence-electron chi connectivity index (χ1n) is 11.7. The molecule has 2 heterocycles. The second-order valence-corrected chi connectivity index (χ2v) is 8.62. The van der Waals surface area contributed by atoms with Crippen LogP contribution in [0.15, 0.2) is 71.5 Å². The zero-order valence-corrected chi connectivity index (χ0v) is 19.6. The first-order chi connectivity index (χ1) is 17.4. The zero-order chi connectivity index (χ0) is 25.2. The summed E-state index contributed by atoms with van der Waals surface area (Å²) in [7, 11) is 0. The molecule has 1 amide bonds. The minimum atomic E-state index is -0.828. The largest absolute Gasteiger partial charge is 0.485 e. The highest BCUT2D eigenvalue weighted by Gasteiger charge is 2.24. The van der Waals surface area contributed by atoms with Gasteiger partial charge in [0.05, 0.1) is 11.3 Å². The number of hydrogen-bond donors (Lipinski definition) is 1. The summed E-state index contributed by atoms with van der Waals surface area (Å²) in [6.45, 7) is 2.31. The number of nitrogens with one attached hydrogen (secondary N) is 1. The van der Waals surface area contributed by atoms with Crippen molar-refractivity contribution in [1.82, 2.24) is 14.3 Å². The lowest BCUT2D eigenvalue weighted by atomic mass is 10.1. The molecule has 5 rings (SSSR count). The Bertz CT molecular complexity index is 1480. The average molecular weight is 491 g/mol. The van der Waals surface area contributed by atoms with Crippen LogP contribution in [-0.4, -0.2) is 20.3 Å². The van der Waals surface area contributed by atoms with E-state index in [4.69, 9.17) is 4.74 Å². The number of nitrogens with zero attached hydrogens (tertiary/aromatic N) is 3. The van der Waals surface area contributed by atoms with Crippen LogP contribution in [0.1, 0.15) is 47.6 Å². The van der Waals surface area contributed by atoms with Crippen molar-refractivity contribution in [2.45, 2.75) is 38.8 Å². The number of anilines is 1. The van der Waals surface area contributed by atoms with Crippen LogP contribution < -0.4 is 15.7 Å². The van der Waals surface area contributed by atoms with Crippen LogP contribution in [0.3, 0.4) is 0 Å². The summed E-state index contributed by atoms with van der Waals surface area (Å²) >= 11 is 0. The van der Waals surface area contributed by atoms with E-state index in [9.17, 15) is 14.0 Å². The van der Waals surface area contributed by atoms with Gasteiger partial charge in [-0.1, -0.05) is 42.5 Å². The van der Waals surface area contributed by atoms with Gasteiger partial charge >= 0.3 is 5.69 Å². The van der Waals surface area contributed by atoms with Gasteiger partial charge in [-0.15, -0.1) is 5.10 Å². The monoisotopic (exact) mass is 490 g/mol. The molecule has 1 aliphatic heterocycles. The third kappa shape index (κ3) is 4.51. The quantitative estimate of drug-likeness (QED) is 0.411. The number of para-hydroxylation sites is 1. The van der Waals surface area contributed by atoms with Crippen LogP contribution in [0.25, 0.3) is 5.69 Å². The molecule has 7 nitrogen and oxygen atoms in total. The van der Waals surface area contributed by atoms with Crippen molar-refractivity contribution in [2.75, 3.05) is 5.32 Å². The van der Waals surface area contributed by atoms with Crippen LogP contribution in [0, 0.1) is 11.6 Å². The number of carbonyl (C=O) groups is 1. The minimum absolute atomic E-state index is 0.0365. The van der Waals surface area contributed by atoms with Gasteiger partial charge in [-0.25, -0.2) is 13.6 Å². The molecular formula is C27H24F2N4O3. The molecule has 0 saturated carbocycles. The molecule has 0 bridgehead atoms. The van der Waals surface area contributed by atoms with E-state index in [1.54, 1.807) is 13.0 Å². The zero-order valence-electron chi connectivity index (χ0n) is 19.6. The van der Waals surface area contributed by atoms with Crippen LogP contribution in [0.2, 0.25) is 0 Å². The molecule has 1 aromatic heterocycles. The highest BCUT2D eigenvalue weighted by molar-refractivity contribution is 6.06. The molecule has 1 atom stereocenters. The van der Waals surface area contributed by atoms with Gasteiger partial charge in [-0.05, 0) is 43.5 Å². The lowest BCUT2D eigenvalue weighted by Crippen LogP contribution is -2.27. The van der Waals surface area contributed by atoms with Crippen molar-refractivity contribution >= 4 is 11.6 Å². The molecule has 4 aromatic rings. The summed E-state index contributed by atoms with van der Waals surface area (Å²) < 4.78 is 38.2. The first kappa shape index (κ1) is 23.5. The summed E-state index contributed by atoms with van der Waals surface area (Å²) in [5.74, 6) is -1.58. The number of aryl methyl sites for hydroxylation is 1. The molecule has 0 aliphatic carbocycles. The fourth-order valence-electron chi connectivity index (χ4n) is 4.27. The fraction of sp³-hybridized carbons (Fsp3) is 0.222. The van der Waals surface area contributed by atoms with Crippen LogP contribution >= 0.6 is 0 Å². The topological polar surface area (TPSA) is 78.2 Å². The van der Waals surface area contributed by atoms with E-state index < -0.39 is 29.3 Å². The van der Waals surface area contributed by atoms with Crippen LogP contribution in [0.5, 0.6) is 5.75 Å². The second-order valence-electron chi connectivity index (χ2n) is 8.62. The molecule has 1 N–H and O–H groups in total. The number of amides is 1. The van der Waals surface area contributed by atoms with E-state index in [1.165, 1.54) is 28.8 Å². The van der Waals surface area contributed by atoms with Crippen molar-refractivity contribution in [3.8, 4) is 11.4 Å². The number of carbonyl (C=O) groups excluding carboxylic acids is 1. The summed E-state index contributed by atoms with van der Waals surface area (Å²) in [6, 6.07) is 17.3. The van der Waals surface area contributed by atoms with Gasteiger partial charge in [0.15, 0.2) is 0 Å². The SMILES string of the molecule is C[C@H](Oc1cc(-n2nc3n(c2=O)CCCC3)c(F)cc1C(=O)Nc1ccccc1F)c1ccccc1. The van der Waals surface area contributed by atoms with Gasteiger partial charge in [-0.2, -0.15) is 4.68 Å². The number of rotatable bonds is 6. The van der Waals surface area contributed by atoms with Crippen LogP contribution in [-0.2, 0) is 13.0 Å². The minimum Gasteiger partial charge on any atom is -0.485 e. The van der Waals surface area contributed by atoms with Crippen LogP contribution in [0.4, 0.5) is 14.5 Å². The summed E-state index contributed by atoms with van der Waals surface area (Å²) in [5, 5.41) is 6.80. The van der Waals surface area contributed by atoms with Gasteiger partial charge in [0.2, 0.25) is 0 Å². The maximum Gasteiger partial charge on any atom is 0.350 e. The third-order valence-corrected chi connectivity index (χ3v) is 6.19. The van der Waals surface area contributed by atoms with E-state index >= 15 is 4.39 Å². The summed E-state index contributed by atoms with van der Waals surface area (Å²) in [4.78, 5) is 26.1. The average Bonchev–Trinajstić information content (AvgIpc) is 3.23. The molecule has 3 aromatic carbocycles. The molecule has 36 heavy (non-hydrogen) atoms. The summed E-state index contributed by atoms with van der Waals surface area (Å²) in [6.07, 6.45) is 1.87. The van der Waals surface area contributed by atoms with E-state index in [0.717, 1.165) is 29.2 Å². The Labute approximate surface area is 206 Å². The Balaban J connectivity index is 1.58. The molecule has 1 aliphatic rings. The van der Waals surface area contributed by atoms with Crippen molar-refractivity contribution in [3.63, 3.8) is 0 Å². The Morgan fingerprint density at radius 2 is 1.78 bits per heavy atom. The molecule has 0 fully saturated rings. The van der Waals surface area contributed by atoms with Gasteiger partial charge < -0.3 is 10.1 Å². The number of benzene rings is 3. The lowest BCUT2D eigenvalue weighted by Gasteiger charge is -2.19.